The van der Waals surface area contributed by atoms with E-state index in [-0.39, 0.29) is 0 Å². The number of rotatable bonds is 3. The van der Waals surface area contributed by atoms with Gasteiger partial charge in [-0.15, -0.1) is 0 Å². The van der Waals surface area contributed by atoms with Crippen molar-refractivity contribution in [1.29, 1.82) is 0 Å². The molecule has 2 aromatic carbocycles. The molecule has 0 saturated heterocycles. The summed E-state index contributed by atoms with van der Waals surface area (Å²) in [5, 5.41) is 11.3. The van der Waals surface area contributed by atoms with Crippen LogP contribution in [0, 0.1) is 0 Å². The van der Waals surface area contributed by atoms with Crippen LogP contribution in [0.2, 0.25) is 0 Å². The predicted octanol–water partition coefficient (Wildman–Crippen LogP) is 3.96. The van der Waals surface area contributed by atoms with Gasteiger partial charge in [-0.25, -0.2) is 0 Å². The van der Waals surface area contributed by atoms with Crippen LogP contribution in [0.1, 0.15) is 18.2 Å². The Balaban J connectivity index is 2.17. The van der Waals surface area contributed by atoms with Crippen LogP contribution < -0.4 is 0 Å². The fraction of sp³-hybridized carbons (Fsp3) is 0.176. The first-order valence-corrected chi connectivity index (χ1v) is 6.64. The van der Waals surface area contributed by atoms with Gasteiger partial charge in [0.2, 0.25) is 0 Å². The molecule has 1 N–H and O–H groups in total. The Morgan fingerprint density at radius 2 is 1.63 bits per heavy atom. The minimum absolute atomic E-state index is 0.425. The van der Waals surface area contributed by atoms with Gasteiger partial charge in [0.25, 0.3) is 0 Å². The molecular formula is C17H17NO. The van der Waals surface area contributed by atoms with Crippen LogP contribution in [0.25, 0.3) is 10.9 Å². The maximum Gasteiger partial charge on any atom is 0.144 e. The zero-order valence-electron chi connectivity index (χ0n) is 11.0. The zero-order chi connectivity index (χ0) is 13.2. The molecule has 0 radical (unpaired) electrons. The number of fused-ring (bicyclic) bond motifs is 1. The first-order chi connectivity index (χ1) is 9.31. The third-order valence-electron chi connectivity index (χ3n) is 3.57. The lowest BCUT2D eigenvalue weighted by Gasteiger charge is -2.09. The average molecular weight is 251 g/mol. The van der Waals surface area contributed by atoms with Crippen molar-refractivity contribution in [1.82, 2.24) is 4.57 Å². The molecule has 0 bridgehead atoms. The van der Waals surface area contributed by atoms with Gasteiger partial charge < -0.3 is 9.67 Å². The van der Waals surface area contributed by atoms with Crippen LogP contribution in [0.15, 0.2) is 54.6 Å². The van der Waals surface area contributed by atoms with Gasteiger partial charge in [0.15, 0.2) is 0 Å². The van der Waals surface area contributed by atoms with E-state index in [4.69, 9.17) is 0 Å². The molecule has 0 amide bonds. The molecule has 1 aromatic heterocycles. The fourth-order valence-corrected chi connectivity index (χ4v) is 2.64. The number of para-hydroxylation sites is 1. The van der Waals surface area contributed by atoms with Gasteiger partial charge in [-0.3, -0.25) is 0 Å². The van der Waals surface area contributed by atoms with Crippen LogP contribution >= 0.6 is 0 Å². The van der Waals surface area contributed by atoms with Gasteiger partial charge in [-0.1, -0.05) is 49.4 Å². The molecule has 3 rings (SSSR count). The van der Waals surface area contributed by atoms with Gasteiger partial charge in [0.05, 0.1) is 11.2 Å². The molecule has 3 aromatic rings. The Morgan fingerprint density at radius 1 is 0.947 bits per heavy atom. The lowest BCUT2D eigenvalue weighted by atomic mass is 10.2. The van der Waals surface area contributed by atoms with Gasteiger partial charge in [0, 0.05) is 11.9 Å². The Hall–Kier alpha value is -2.22. The van der Waals surface area contributed by atoms with Crippen molar-refractivity contribution in [2.45, 2.75) is 19.9 Å². The number of aromatic nitrogens is 1. The van der Waals surface area contributed by atoms with E-state index in [2.05, 4.69) is 29.7 Å². The molecule has 2 nitrogen and oxygen atoms in total. The lowest BCUT2D eigenvalue weighted by molar-refractivity contribution is 0.470. The number of hydrogen-bond donors (Lipinski definition) is 1. The van der Waals surface area contributed by atoms with Crippen LogP contribution in [0.3, 0.4) is 0 Å². The molecule has 0 fully saturated rings. The molecule has 0 atom stereocenters. The van der Waals surface area contributed by atoms with Gasteiger partial charge in [-0.05, 0) is 24.1 Å². The quantitative estimate of drug-likeness (QED) is 0.749. The van der Waals surface area contributed by atoms with E-state index in [0.29, 0.717) is 5.75 Å². The molecule has 0 saturated carbocycles. The van der Waals surface area contributed by atoms with E-state index in [9.17, 15) is 5.11 Å². The molecule has 96 valence electrons. The van der Waals surface area contributed by atoms with Gasteiger partial charge >= 0.3 is 0 Å². The molecule has 0 aliphatic rings. The molecule has 0 aliphatic carbocycles. The standard InChI is InChI=1S/C17H17NO/c1-2-15-17(19)14-10-6-7-11-16(14)18(15)12-13-8-4-3-5-9-13/h3-11,19H,2,12H2,1H3. The van der Waals surface area contributed by atoms with Crippen molar-refractivity contribution in [2.24, 2.45) is 0 Å². The summed E-state index contributed by atoms with van der Waals surface area (Å²) in [6, 6.07) is 18.4. The molecule has 2 heteroatoms. The topological polar surface area (TPSA) is 25.2 Å². The van der Waals surface area contributed by atoms with Gasteiger partial charge in [0.1, 0.15) is 5.75 Å². The Kier molecular flexibility index (Phi) is 3.00. The maximum absolute atomic E-state index is 10.3. The second kappa shape index (κ2) is 4.81. The van der Waals surface area contributed by atoms with Crippen molar-refractivity contribution in [3.8, 4) is 5.75 Å². The van der Waals surface area contributed by atoms with E-state index < -0.39 is 0 Å². The molecule has 0 aliphatic heterocycles. The number of hydrogen-bond acceptors (Lipinski definition) is 1. The molecule has 19 heavy (non-hydrogen) atoms. The van der Waals surface area contributed by atoms with E-state index in [1.807, 2.05) is 36.4 Å². The fourth-order valence-electron chi connectivity index (χ4n) is 2.64. The minimum atomic E-state index is 0.425. The molecule has 0 spiro atoms. The largest absolute Gasteiger partial charge is 0.505 e. The second-order valence-electron chi connectivity index (χ2n) is 4.74. The average Bonchev–Trinajstić information content (AvgIpc) is 2.73. The van der Waals surface area contributed by atoms with Crippen molar-refractivity contribution in [3.05, 3.63) is 65.9 Å². The summed E-state index contributed by atoms with van der Waals surface area (Å²) in [7, 11) is 0. The van der Waals surface area contributed by atoms with E-state index >= 15 is 0 Å². The highest BCUT2D eigenvalue weighted by Crippen LogP contribution is 2.32. The molecule has 0 unspecified atom stereocenters. The van der Waals surface area contributed by atoms with E-state index in [1.165, 1.54) is 5.56 Å². The Morgan fingerprint density at radius 3 is 2.37 bits per heavy atom. The molecular weight excluding hydrogens is 234 g/mol. The summed E-state index contributed by atoms with van der Waals surface area (Å²) in [5.41, 5.74) is 3.35. The van der Waals surface area contributed by atoms with Crippen molar-refractivity contribution in [3.63, 3.8) is 0 Å². The van der Waals surface area contributed by atoms with Crippen LogP contribution in [-0.2, 0) is 13.0 Å². The first kappa shape index (κ1) is 11.8. The third kappa shape index (κ3) is 1.99. The zero-order valence-corrected chi connectivity index (χ0v) is 11.0. The van der Waals surface area contributed by atoms with Gasteiger partial charge in [-0.2, -0.15) is 0 Å². The van der Waals surface area contributed by atoms with Crippen molar-refractivity contribution >= 4 is 10.9 Å². The SMILES string of the molecule is CCc1c(O)c2ccccc2n1Cc1ccccc1. The minimum Gasteiger partial charge on any atom is -0.505 e. The summed E-state index contributed by atoms with van der Waals surface area (Å²) < 4.78 is 2.21. The highest BCUT2D eigenvalue weighted by atomic mass is 16.3. The number of aromatic hydroxyl groups is 1. The number of benzene rings is 2. The summed E-state index contributed by atoms with van der Waals surface area (Å²) >= 11 is 0. The molecule has 1 heterocycles. The van der Waals surface area contributed by atoms with Crippen molar-refractivity contribution in [2.75, 3.05) is 0 Å². The highest BCUT2D eigenvalue weighted by molar-refractivity contribution is 5.88. The van der Waals surface area contributed by atoms with Crippen LogP contribution in [0.4, 0.5) is 0 Å². The van der Waals surface area contributed by atoms with E-state index in [1.54, 1.807) is 0 Å². The smallest absolute Gasteiger partial charge is 0.144 e. The second-order valence-corrected chi connectivity index (χ2v) is 4.74. The number of nitrogens with zero attached hydrogens (tertiary/aromatic N) is 1. The third-order valence-corrected chi connectivity index (χ3v) is 3.57. The maximum atomic E-state index is 10.3. The summed E-state index contributed by atoms with van der Waals surface area (Å²) in [5.74, 6) is 0.425. The highest BCUT2D eigenvalue weighted by Gasteiger charge is 2.14. The Labute approximate surface area is 112 Å². The first-order valence-electron chi connectivity index (χ1n) is 6.64. The monoisotopic (exact) mass is 251 g/mol. The van der Waals surface area contributed by atoms with Crippen LogP contribution in [-0.4, -0.2) is 9.67 Å². The predicted molar refractivity (Wildman–Crippen MR) is 78.5 cm³/mol. The summed E-state index contributed by atoms with van der Waals surface area (Å²) in [4.78, 5) is 0. The van der Waals surface area contributed by atoms with Crippen molar-refractivity contribution < 1.29 is 5.11 Å². The normalized spacial score (nSPS) is 11.0. The summed E-state index contributed by atoms with van der Waals surface area (Å²) in [6.45, 7) is 2.88. The van der Waals surface area contributed by atoms with E-state index in [0.717, 1.165) is 29.6 Å². The Bertz CT molecular complexity index is 698. The lowest BCUT2D eigenvalue weighted by Crippen LogP contribution is -2.03. The van der Waals surface area contributed by atoms with Crippen LogP contribution in [0.5, 0.6) is 5.75 Å². The summed E-state index contributed by atoms with van der Waals surface area (Å²) in [6.07, 6.45) is 0.827.